The number of H-pyrrole nitrogens is 1. The SMILES string of the molecule is COc1ccc2[nH]cc(C3CCN(C(=O)CCn4ccc5ccccc54)CC3)c2c1. The average Bonchev–Trinajstić information content (AvgIpc) is 3.41. The highest BCUT2D eigenvalue weighted by Crippen LogP contribution is 2.34. The van der Waals surface area contributed by atoms with Gasteiger partial charge in [-0.2, -0.15) is 0 Å². The molecule has 0 bridgehead atoms. The van der Waals surface area contributed by atoms with Gasteiger partial charge in [0.25, 0.3) is 0 Å². The molecule has 5 nitrogen and oxygen atoms in total. The number of fused-ring (bicyclic) bond motifs is 2. The number of nitrogens with one attached hydrogen (secondary N) is 1. The first kappa shape index (κ1) is 18.8. The number of amides is 1. The minimum absolute atomic E-state index is 0.256. The molecule has 30 heavy (non-hydrogen) atoms. The highest BCUT2D eigenvalue weighted by Gasteiger charge is 2.25. The minimum Gasteiger partial charge on any atom is -0.497 e. The van der Waals surface area contributed by atoms with E-state index in [1.165, 1.54) is 21.9 Å². The zero-order chi connectivity index (χ0) is 20.5. The van der Waals surface area contributed by atoms with Crippen LogP contribution in [0.5, 0.6) is 5.75 Å². The van der Waals surface area contributed by atoms with E-state index in [0.29, 0.717) is 12.3 Å². The highest BCUT2D eigenvalue weighted by molar-refractivity contribution is 5.85. The van der Waals surface area contributed by atoms with Crippen LogP contribution >= 0.6 is 0 Å². The Morgan fingerprint density at radius 1 is 1.13 bits per heavy atom. The van der Waals surface area contributed by atoms with E-state index >= 15 is 0 Å². The second-order valence-electron chi connectivity index (χ2n) is 8.13. The Hall–Kier alpha value is -3.21. The molecular formula is C25H27N3O2. The van der Waals surface area contributed by atoms with Crippen molar-refractivity contribution in [1.29, 1.82) is 0 Å². The number of benzene rings is 2. The summed E-state index contributed by atoms with van der Waals surface area (Å²) in [5, 5.41) is 2.46. The van der Waals surface area contributed by atoms with Gasteiger partial charge in [0.15, 0.2) is 0 Å². The number of para-hydroxylation sites is 1. The van der Waals surface area contributed by atoms with Gasteiger partial charge in [0, 0.05) is 54.9 Å². The van der Waals surface area contributed by atoms with Crippen molar-refractivity contribution in [1.82, 2.24) is 14.5 Å². The predicted octanol–water partition coefficient (Wildman–Crippen LogP) is 4.93. The van der Waals surface area contributed by atoms with Gasteiger partial charge in [0.05, 0.1) is 7.11 Å². The average molecular weight is 402 g/mol. The molecule has 5 heteroatoms. The molecule has 1 amide bonds. The van der Waals surface area contributed by atoms with Crippen LogP contribution in [0.4, 0.5) is 0 Å². The fraction of sp³-hybridized carbons (Fsp3) is 0.320. The Morgan fingerprint density at radius 3 is 2.80 bits per heavy atom. The number of rotatable bonds is 5. The lowest BCUT2D eigenvalue weighted by Crippen LogP contribution is -2.38. The molecule has 0 atom stereocenters. The Balaban J connectivity index is 1.21. The molecule has 4 aromatic rings. The second-order valence-corrected chi connectivity index (χ2v) is 8.13. The molecule has 1 aliphatic rings. The first-order valence-corrected chi connectivity index (χ1v) is 10.7. The third kappa shape index (κ3) is 3.45. The molecule has 0 aliphatic carbocycles. The molecule has 0 saturated carbocycles. The molecule has 0 radical (unpaired) electrons. The summed E-state index contributed by atoms with van der Waals surface area (Å²) in [6, 6.07) is 16.6. The first-order chi connectivity index (χ1) is 14.7. The Labute approximate surface area is 176 Å². The van der Waals surface area contributed by atoms with Crippen LogP contribution in [0.25, 0.3) is 21.8 Å². The topological polar surface area (TPSA) is 50.3 Å². The number of carbonyl (C=O) groups is 1. The lowest BCUT2D eigenvalue weighted by Gasteiger charge is -2.32. The third-order valence-electron chi connectivity index (χ3n) is 6.46. The monoisotopic (exact) mass is 401 g/mol. The van der Waals surface area contributed by atoms with Gasteiger partial charge in [0.2, 0.25) is 5.91 Å². The van der Waals surface area contributed by atoms with E-state index in [-0.39, 0.29) is 5.91 Å². The zero-order valence-corrected chi connectivity index (χ0v) is 17.3. The van der Waals surface area contributed by atoms with Crippen molar-refractivity contribution in [2.24, 2.45) is 0 Å². The summed E-state index contributed by atoms with van der Waals surface area (Å²) in [6.07, 6.45) is 6.76. The smallest absolute Gasteiger partial charge is 0.224 e. The quantitative estimate of drug-likeness (QED) is 0.516. The molecule has 154 valence electrons. The van der Waals surface area contributed by atoms with Crippen molar-refractivity contribution in [2.45, 2.75) is 31.7 Å². The van der Waals surface area contributed by atoms with Gasteiger partial charge in [-0.15, -0.1) is 0 Å². The number of piperidine rings is 1. The largest absolute Gasteiger partial charge is 0.497 e. The Kier molecular flexibility index (Phi) is 4.95. The zero-order valence-electron chi connectivity index (χ0n) is 17.3. The van der Waals surface area contributed by atoms with E-state index in [0.717, 1.165) is 43.7 Å². The van der Waals surface area contributed by atoms with Gasteiger partial charge in [0.1, 0.15) is 5.75 Å². The maximum atomic E-state index is 12.8. The van der Waals surface area contributed by atoms with Crippen molar-refractivity contribution < 1.29 is 9.53 Å². The van der Waals surface area contributed by atoms with Gasteiger partial charge in [-0.1, -0.05) is 18.2 Å². The van der Waals surface area contributed by atoms with E-state index in [9.17, 15) is 4.79 Å². The highest BCUT2D eigenvalue weighted by atomic mass is 16.5. The van der Waals surface area contributed by atoms with Crippen LogP contribution in [0, 0.1) is 0 Å². The van der Waals surface area contributed by atoms with E-state index in [1.54, 1.807) is 7.11 Å². The van der Waals surface area contributed by atoms with Crippen LogP contribution in [-0.4, -0.2) is 40.6 Å². The molecule has 2 aromatic heterocycles. The van der Waals surface area contributed by atoms with Crippen LogP contribution in [0.2, 0.25) is 0 Å². The molecule has 2 aromatic carbocycles. The van der Waals surface area contributed by atoms with Crippen LogP contribution in [0.15, 0.2) is 60.9 Å². The van der Waals surface area contributed by atoms with Gasteiger partial charge in [-0.05, 0) is 60.0 Å². The molecule has 1 N–H and O–H groups in total. The second kappa shape index (κ2) is 7.90. The number of hydrogen-bond donors (Lipinski definition) is 1. The summed E-state index contributed by atoms with van der Waals surface area (Å²) < 4.78 is 7.58. The number of likely N-dealkylation sites (tertiary alicyclic amines) is 1. The molecule has 1 fully saturated rings. The standard InChI is InChI=1S/C25H27N3O2/c1-30-20-6-7-23-21(16-20)22(17-26-23)18-8-13-28(14-9-18)25(29)11-15-27-12-10-19-4-2-3-5-24(19)27/h2-7,10,12,16-18,26H,8-9,11,13-15H2,1H3. The van der Waals surface area contributed by atoms with E-state index in [2.05, 4.69) is 52.3 Å². The summed E-state index contributed by atoms with van der Waals surface area (Å²) in [5.41, 5.74) is 3.68. The van der Waals surface area contributed by atoms with Crippen LogP contribution in [-0.2, 0) is 11.3 Å². The molecule has 1 aliphatic heterocycles. The number of aromatic nitrogens is 2. The third-order valence-corrected chi connectivity index (χ3v) is 6.46. The number of aryl methyl sites for hydroxylation is 1. The summed E-state index contributed by atoms with van der Waals surface area (Å²) in [7, 11) is 1.70. The summed E-state index contributed by atoms with van der Waals surface area (Å²) in [4.78, 5) is 18.2. The maximum Gasteiger partial charge on any atom is 0.224 e. The van der Waals surface area contributed by atoms with Crippen LogP contribution < -0.4 is 4.74 Å². The van der Waals surface area contributed by atoms with Gasteiger partial charge < -0.3 is 19.2 Å². The van der Waals surface area contributed by atoms with Gasteiger partial charge in [-0.3, -0.25) is 4.79 Å². The molecule has 3 heterocycles. The van der Waals surface area contributed by atoms with Crippen molar-refractivity contribution in [3.05, 3.63) is 66.5 Å². The minimum atomic E-state index is 0.256. The fourth-order valence-electron chi connectivity index (χ4n) is 4.74. The fourth-order valence-corrected chi connectivity index (χ4v) is 4.74. The normalized spacial score (nSPS) is 15.2. The number of carbonyl (C=O) groups excluding carboxylic acids is 1. The predicted molar refractivity (Wildman–Crippen MR) is 120 cm³/mol. The molecule has 0 unspecified atom stereocenters. The number of methoxy groups -OCH3 is 1. The molecule has 0 spiro atoms. The maximum absolute atomic E-state index is 12.8. The first-order valence-electron chi connectivity index (χ1n) is 10.7. The molecular weight excluding hydrogens is 374 g/mol. The lowest BCUT2D eigenvalue weighted by molar-refractivity contribution is -0.132. The number of nitrogens with zero attached hydrogens (tertiary/aromatic N) is 2. The Morgan fingerprint density at radius 2 is 1.97 bits per heavy atom. The number of ether oxygens (including phenoxy) is 1. The van der Waals surface area contributed by atoms with Gasteiger partial charge >= 0.3 is 0 Å². The van der Waals surface area contributed by atoms with Crippen molar-refractivity contribution >= 4 is 27.7 Å². The summed E-state index contributed by atoms with van der Waals surface area (Å²) in [6.45, 7) is 2.38. The van der Waals surface area contributed by atoms with E-state index in [1.807, 2.05) is 23.1 Å². The number of hydrogen-bond acceptors (Lipinski definition) is 2. The van der Waals surface area contributed by atoms with Crippen molar-refractivity contribution in [3.8, 4) is 5.75 Å². The van der Waals surface area contributed by atoms with Crippen LogP contribution in [0.1, 0.15) is 30.7 Å². The van der Waals surface area contributed by atoms with Gasteiger partial charge in [-0.25, -0.2) is 0 Å². The van der Waals surface area contributed by atoms with Crippen molar-refractivity contribution in [2.75, 3.05) is 20.2 Å². The number of aromatic amines is 1. The molecule has 5 rings (SSSR count). The van der Waals surface area contributed by atoms with Crippen molar-refractivity contribution in [3.63, 3.8) is 0 Å². The molecule has 1 saturated heterocycles. The lowest BCUT2D eigenvalue weighted by atomic mass is 9.89. The Bertz CT molecular complexity index is 1180. The summed E-state index contributed by atoms with van der Waals surface area (Å²) in [5.74, 6) is 1.61. The van der Waals surface area contributed by atoms with E-state index in [4.69, 9.17) is 4.74 Å². The van der Waals surface area contributed by atoms with E-state index < -0.39 is 0 Å². The summed E-state index contributed by atoms with van der Waals surface area (Å²) >= 11 is 0. The van der Waals surface area contributed by atoms with Crippen LogP contribution in [0.3, 0.4) is 0 Å².